The summed E-state index contributed by atoms with van der Waals surface area (Å²) >= 11 is 0. The third kappa shape index (κ3) is 2.34. The molecule has 3 aliphatic carbocycles. The lowest BCUT2D eigenvalue weighted by atomic mass is 9.94. The largest absolute Gasteiger partial charge is 0.300 e. The Balaban J connectivity index is 1.58. The van der Waals surface area contributed by atoms with E-state index in [1.165, 1.54) is 51.4 Å². The van der Waals surface area contributed by atoms with E-state index in [1.807, 2.05) is 0 Å². The Bertz CT molecular complexity index is 319. The SMILES string of the molecule is CC(=O)C1CC2CC(C=C3CCCC3)CC2C1. The Morgan fingerprint density at radius 2 is 1.65 bits per heavy atom. The molecule has 2 unspecified atom stereocenters. The highest BCUT2D eigenvalue weighted by molar-refractivity contribution is 5.78. The molecule has 0 aromatic heterocycles. The molecule has 3 aliphatic rings. The number of carbonyl (C=O) groups is 1. The molecule has 1 nitrogen and oxygen atoms in total. The summed E-state index contributed by atoms with van der Waals surface area (Å²) < 4.78 is 0. The lowest BCUT2D eigenvalue weighted by Crippen LogP contribution is -2.08. The van der Waals surface area contributed by atoms with Gasteiger partial charge in [0.1, 0.15) is 5.78 Å². The minimum Gasteiger partial charge on any atom is -0.300 e. The smallest absolute Gasteiger partial charge is 0.132 e. The van der Waals surface area contributed by atoms with Crippen molar-refractivity contribution in [3.05, 3.63) is 11.6 Å². The van der Waals surface area contributed by atoms with Crippen molar-refractivity contribution in [3.8, 4) is 0 Å². The van der Waals surface area contributed by atoms with Crippen LogP contribution in [-0.4, -0.2) is 5.78 Å². The first-order chi connectivity index (χ1) is 8.22. The van der Waals surface area contributed by atoms with E-state index in [1.54, 1.807) is 12.5 Å². The fraction of sp³-hybridized carbons (Fsp3) is 0.812. The van der Waals surface area contributed by atoms with Gasteiger partial charge in [-0.25, -0.2) is 0 Å². The second-order valence-electron chi connectivity index (χ2n) is 6.56. The fourth-order valence-corrected chi connectivity index (χ4v) is 4.46. The topological polar surface area (TPSA) is 17.1 Å². The Labute approximate surface area is 105 Å². The van der Waals surface area contributed by atoms with Gasteiger partial charge in [0.25, 0.3) is 0 Å². The molecule has 0 bridgehead atoms. The number of rotatable bonds is 2. The predicted molar refractivity (Wildman–Crippen MR) is 69.7 cm³/mol. The third-order valence-corrected chi connectivity index (χ3v) is 5.34. The molecule has 17 heavy (non-hydrogen) atoms. The Morgan fingerprint density at radius 3 is 2.18 bits per heavy atom. The highest BCUT2D eigenvalue weighted by Gasteiger charge is 2.42. The van der Waals surface area contributed by atoms with Crippen molar-refractivity contribution in [1.29, 1.82) is 0 Å². The van der Waals surface area contributed by atoms with Crippen LogP contribution >= 0.6 is 0 Å². The van der Waals surface area contributed by atoms with Gasteiger partial charge < -0.3 is 0 Å². The van der Waals surface area contributed by atoms with Gasteiger partial charge in [-0.3, -0.25) is 4.79 Å². The van der Waals surface area contributed by atoms with E-state index in [0.717, 1.165) is 17.8 Å². The lowest BCUT2D eigenvalue weighted by molar-refractivity contribution is -0.120. The molecule has 0 aromatic carbocycles. The molecule has 0 amide bonds. The highest BCUT2D eigenvalue weighted by Crippen LogP contribution is 2.50. The first-order valence-electron chi connectivity index (χ1n) is 7.42. The quantitative estimate of drug-likeness (QED) is 0.654. The van der Waals surface area contributed by atoms with E-state index >= 15 is 0 Å². The average Bonchev–Trinajstić information content (AvgIpc) is 2.91. The van der Waals surface area contributed by atoms with Crippen LogP contribution in [-0.2, 0) is 4.79 Å². The summed E-state index contributed by atoms with van der Waals surface area (Å²) in [5.74, 6) is 3.43. The van der Waals surface area contributed by atoms with Crippen LogP contribution in [0.1, 0.15) is 58.3 Å². The van der Waals surface area contributed by atoms with Crippen molar-refractivity contribution in [2.45, 2.75) is 58.3 Å². The minimum absolute atomic E-state index is 0.407. The monoisotopic (exact) mass is 232 g/mol. The van der Waals surface area contributed by atoms with E-state index in [-0.39, 0.29) is 0 Å². The van der Waals surface area contributed by atoms with E-state index in [2.05, 4.69) is 6.08 Å². The molecule has 0 aromatic rings. The fourth-order valence-electron chi connectivity index (χ4n) is 4.46. The molecule has 0 saturated heterocycles. The van der Waals surface area contributed by atoms with Crippen LogP contribution < -0.4 is 0 Å². The van der Waals surface area contributed by atoms with Crippen molar-refractivity contribution in [1.82, 2.24) is 0 Å². The van der Waals surface area contributed by atoms with Crippen molar-refractivity contribution in [2.75, 3.05) is 0 Å². The molecule has 0 heterocycles. The Morgan fingerprint density at radius 1 is 1.06 bits per heavy atom. The lowest BCUT2D eigenvalue weighted by Gasteiger charge is -2.10. The van der Waals surface area contributed by atoms with Crippen LogP contribution in [0.4, 0.5) is 0 Å². The minimum atomic E-state index is 0.407. The van der Waals surface area contributed by atoms with E-state index in [0.29, 0.717) is 11.7 Å². The standard InChI is InChI=1S/C16H24O/c1-11(17)14-9-15-7-13(8-16(15)10-14)6-12-4-2-3-5-12/h6,13-16H,2-5,7-10H2,1H3. The van der Waals surface area contributed by atoms with Crippen LogP contribution in [0.2, 0.25) is 0 Å². The summed E-state index contributed by atoms with van der Waals surface area (Å²) in [6.45, 7) is 1.78. The summed E-state index contributed by atoms with van der Waals surface area (Å²) in [6.07, 6.45) is 13.3. The second-order valence-corrected chi connectivity index (χ2v) is 6.56. The van der Waals surface area contributed by atoms with Gasteiger partial charge in [-0.05, 0) is 76.0 Å². The molecular weight excluding hydrogens is 208 g/mol. The molecule has 0 spiro atoms. The van der Waals surface area contributed by atoms with E-state index in [4.69, 9.17) is 0 Å². The molecule has 3 fully saturated rings. The number of ketones is 1. The zero-order chi connectivity index (χ0) is 11.8. The molecule has 2 atom stereocenters. The van der Waals surface area contributed by atoms with Crippen LogP contribution in [0.5, 0.6) is 0 Å². The van der Waals surface area contributed by atoms with Crippen LogP contribution in [0.25, 0.3) is 0 Å². The maximum Gasteiger partial charge on any atom is 0.132 e. The molecule has 0 aliphatic heterocycles. The van der Waals surface area contributed by atoms with Gasteiger partial charge in [-0.15, -0.1) is 0 Å². The molecule has 3 saturated carbocycles. The normalized spacial score (nSPS) is 40.6. The van der Waals surface area contributed by atoms with Gasteiger partial charge in [0.15, 0.2) is 0 Å². The third-order valence-electron chi connectivity index (χ3n) is 5.34. The number of carbonyl (C=O) groups excluding carboxylic acids is 1. The Kier molecular flexibility index (Phi) is 3.10. The summed E-state index contributed by atoms with van der Waals surface area (Å²) in [7, 11) is 0. The number of allylic oxidation sites excluding steroid dienone is 2. The van der Waals surface area contributed by atoms with E-state index in [9.17, 15) is 4.79 Å². The summed E-state index contributed by atoms with van der Waals surface area (Å²) in [4.78, 5) is 11.4. The van der Waals surface area contributed by atoms with Gasteiger partial charge >= 0.3 is 0 Å². The summed E-state index contributed by atoms with van der Waals surface area (Å²) in [6, 6.07) is 0. The van der Waals surface area contributed by atoms with Crippen molar-refractivity contribution in [2.24, 2.45) is 23.7 Å². The van der Waals surface area contributed by atoms with Crippen LogP contribution in [0.15, 0.2) is 11.6 Å². The second kappa shape index (κ2) is 4.59. The van der Waals surface area contributed by atoms with Gasteiger partial charge in [-0.2, -0.15) is 0 Å². The van der Waals surface area contributed by atoms with Gasteiger partial charge in [0, 0.05) is 5.92 Å². The predicted octanol–water partition coefficient (Wildman–Crippen LogP) is 4.13. The summed E-state index contributed by atoms with van der Waals surface area (Å²) in [5.41, 5.74) is 1.73. The van der Waals surface area contributed by atoms with Crippen LogP contribution in [0.3, 0.4) is 0 Å². The van der Waals surface area contributed by atoms with Crippen LogP contribution in [0, 0.1) is 23.7 Å². The van der Waals surface area contributed by atoms with Crippen molar-refractivity contribution in [3.63, 3.8) is 0 Å². The zero-order valence-electron chi connectivity index (χ0n) is 11.0. The number of Topliss-reactive ketones (excluding diaryl/α,β-unsaturated/α-hetero) is 1. The number of hydrogen-bond donors (Lipinski definition) is 0. The molecule has 1 heteroatoms. The average molecular weight is 232 g/mol. The molecule has 3 rings (SSSR count). The molecule has 0 radical (unpaired) electrons. The van der Waals surface area contributed by atoms with Gasteiger partial charge in [0.05, 0.1) is 0 Å². The first kappa shape index (κ1) is 11.5. The number of fused-ring (bicyclic) bond motifs is 1. The number of hydrogen-bond acceptors (Lipinski definition) is 1. The summed E-state index contributed by atoms with van der Waals surface area (Å²) in [5, 5.41) is 0. The maximum absolute atomic E-state index is 11.4. The van der Waals surface area contributed by atoms with Crippen molar-refractivity contribution < 1.29 is 4.79 Å². The maximum atomic E-state index is 11.4. The first-order valence-corrected chi connectivity index (χ1v) is 7.42. The van der Waals surface area contributed by atoms with Gasteiger partial charge in [0.2, 0.25) is 0 Å². The van der Waals surface area contributed by atoms with Gasteiger partial charge in [-0.1, -0.05) is 11.6 Å². The molecule has 94 valence electrons. The van der Waals surface area contributed by atoms with E-state index < -0.39 is 0 Å². The highest BCUT2D eigenvalue weighted by atomic mass is 16.1. The molecule has 0 N–H and O–H groups in total. The molecular formula is C16H24O. The Hall–Kier alpha value is -0.590. The van der Waals surface area contributed by atoms with Crippen molar-refractivity contribution >= 4 is 5.78 Å². The zero-order valence-corrected chi connectivity index (χ0v) is 11.0.